The SMILES string of the molecule is Cc1ccccc1C(=O)Nc1ccc(C(=O)N2CCC=Cc3cc(Cl)ccc32)c(C)c1. The monoisotopic (exact) mass is 430 g/mol. The number of hydrogen-bond acceptors (Lipinski definition) is 2. The topological polar surface area (TPSA) is 49.4 Å². The van der Waals surface area contributed by atoms with Gasteiger partial charge in [-0.15, -0.1) is 0 Å². The fourth-order valence-corrected chi connectivity index (χ4v) is 3.98. The van der Waals surface area contributed by atoms with Gasteiger partial charge in [0.25, 0.3) is 11.8 Å². The average Bonchev–Trinajstić information content (AvgIpc) is 2.95. The van der Waals surface area contributed by atoms with E-state index in [1.54, 1.807) is 29.2 Å². The van der Waals surface area contributed by atoms with Gasteiger partial charge in [-0.05, 0) is 79.4 Å². The van der Waals surface area contributed by atoms with Gasteiger partial charge in [-0.3, -0.25) is 9.59 Å². The molecule has 4 nitrogen and oxygen atoms in total. The third kappa shape index (κ3) is 4.39. The zero-order chi connectivity index (χ0) is 22.0. The zero-order valence-electron chi connectivity index (χ0n) is 17.5. The van der Waals surface area contributed by atoms with Gasteiger partial charge in [0.2, 0.25) is 0 Å². The molecule has 0 unspecified atom stereocenters. The number of rotatable bonds is 3. The maximum Gasteiger partial charge on any atom is 0.258 e. The van der Waals surface area contributed by atoms with Crippen LogP contribution in [0.1, 0.15) is 43.8 Å². The summed E-state index contributed by atoms with van der Waals surface area (Å²) in [6.45, 7) is 4.38. The number of halogens is 1. The molecule has 0 atom stereocenters. The third-order valence-corrected chi connectivity index (χ3v) is 5.68. The Hall–Kier alpha value is -3.37. The van der Waals surface area contributed by atoms with Crippen molar-refractivity contribution in [2.75, 3.05) is 16.8 Å². The van der Waals surface area contributed by atoms with Crippen LogP contribution in [0.25, 0.3) is 6.08 Å². The molecule has 0 saturated carbocycles. The second-order valence-electron chi connectivity index (χ2n) is 7.65. The van der Waals surface area contributed by atoms with Crippen LogP contribution in [0.3, 0.4) is 0 Å². The van der Waals surface area contributed by atoms with E-state index >= 15 is 0 Å². The number of hydrogen-bond donors (Lipinski definition) is 1. The first-order valence-electron chi connectivity index (χ1n) is 10.2. The lowest BCUT2D eigenvalue weighted by atomic mass is 10.0. The molecule has 0 bridgehead atoms. The molecule has 5 heteroatoms. The number of nitrogens with zero attached hydrogens (tertiary/aromatic N) is 1. The van der Waals surface area contributed by atoms with Gasteiger partial charge in [0.05, 0.1) is 5.69 Å². The van der Waals surface area contributed by atoms with Gasteiger partial charge >= 0.3 is 0 Å². The van der Waals surface area contributed by atoms with Gasteiger partial charge in [-0.25, -0.2) is 0 Å². The molecule has 1 heterocycles. The van der Waals surface area contributed by atoms with E-state index in [2.05, 4.69) is 11.4 Å². The quantitative estimate of drug-likeness (QED) is 0.532. The van der Waals surface area contributed by atoms with Gasteiger partial charge in [0.15, 0.2) is 0 Å². The maximum absolute atomic E-state index is 13.4. The summed E-state index contributed by atoms with van der Waals surface area (Å²) in [5, 5.41) is 3.57. The Balaban J connectivity index is 1.58. The molecule has 4 rings (SSSR count). The highest BCUT2D eigenvalue weighted by atomic mass is 35.5. The molecule has 3 aromatic rings. The van der Waals surface area contributed by atoms with E-state index in [-0.39, 0.29) is 11.8 Å². The summed E-state index contributed by atoms with van der Waals surface area (Å²) in [7, 11) is 0. The summed E-state index contributed by atoms with van der Waals surface area (Å²) in [6.07, 6.45) is 4.83. The van der Waals surface area contributed by atoms with Crippen LogP contribution in [-0.2, 0) is 0 Å². The molecule has 3 aromatic carbocycles. The minimum absolute atomic E-state index is 0.0680. The molecule has 0 fully saturated rings. The van der Waals surface area contributed by atoms with Crippen LogP contribution in [-0.4, -0.2) is 18.4 Å². The minimum atomic E-state index is -0.166. The van der Waals surface area contributed by atoms with Crippen LogP contribution >= 0.6 is 11.6 Å². The Morgan fingerprint density at radius 1 is 0.935 bits per heavy atom. The molecule has 1 aliphatic rings. The number of nitrogens with one attached hydrogen (secondary N) is 1. The standard InChI is InChI=1S/C26H23ClN2O2/c1-17-7-3-4-9-22(17)25(30)28-21-11-12-23(18(2)15-21)26(31)29-14-6-5-8-19-16-20(27)10-13-24(19)29/h3-5,7-13,15-16H,6,14H2,1-2H3,(H,28,30). The molecule has 0 aliphatic carbocycles. The molecule has 31 heavy (non-hydrogen) atoms. The van der Waals surface area contributed by atoms with Crippen molar-refractivity contribution in [1.82, 2.24) is 0 Å². The van der Waals surface area contributed by atoms with Crippen molar-refractivity contribution in [3.63, 3.8) is 0 Å². The third-order valence-electron chi connectivity index (χ3n) is 5.45. The fourth-order valence-electron chi connectivity index (χ4n) is 3.80. The van der Waals surface area contributed by atoms with E-state index in [1.165, 1.54) is 0 Å². The van der Waals surface area contributed by atoms with E-state index in [4.69, 9.17) is 11.6 Å². The first-order chi connectivity index (χ1) is 14.9. The molecular formula is C26H23ClN2O2. The maximum atomic E-state index is 13.4. The van der Waals surface area contributed by atoms with E-state index < -0.39 is 0 Å². The van der Waals surface area contributed by atoms with Crippen molar-refractivity contribution in [2.45, 2.75) is 20.3 Å². The van der Waals surface area contributed by atoms with Gasteiger partial charge < -0.3 is 10.2 Å². The zero-order valence-corrected chi connectivity index (χ0v) is 18.2. The predicted molar refractivity (Wildman–Crippen MR) is 127 cm³/mol. The van der Waals surface area contributed by atoms with Gasteiger partial charge in [0.1, 0.15) is 0 Å². The predicted octanol–water partition coefficient (Wildman–Crippen LogP) is 6.27. The smallest absolute Gasteiger partial charge is 0.258 e. The van der Waals surface area contributed by atoms with Crippen LogP contribution in [0.2, 0.25) is 5.02 Å². The number of fused-ring (bicyclic) bond motifs is 1. The Morgan fingerprint density at radius 3 is 2.52 bits per heavy atom. The summed E-state index contributed by atoms with van der Waals surface area (Å²) in [6, 6.07) is 18.4. The van der Waals surface area contributed by atoms with E-state index in [0.29, 0.717) is 28.4 Å². The Morgan fingerprint density at radius 2 is 1.74 bits per heavy atom. The van der Waals surface area contributed by atoms with Crippen LogP contribution in [0.15, 0.2) is 66.7 Å². The Kier molecular flexibility index (Phi) is 5.92. The van der Waals surface area contributed by atoms with Crippen LogP contribution < -0.4 is 10.2 Å². The summed E-state index contributed by atoms with van der Waals surface area (Å²) in [4.78, 5) is 27.8. The molecule has 0 spiro atoms. The number of aryl methyl sites for hydroxylation is 2. The normalized spacial score (nSPS) is 12.8. The highest BCUT2D eigenvalue weighted by molar-refractivity contribution is 6.31. The van der Waals surface area contributed by atoms with Crippen molar-refractivity contribution >= 4 is 40.9 Å². The van der Waals surface area contributed by atoms with Crippen molar-refractivity contribution in [3.05, 3.63) is 99.6 Å². The molecule has 1 N–H and O–H groups in total. The lowest BCUT2D eigenvalue weighted by Gasteiger charge is -2.24. The largest absolute Gasteiger partial charge is 0.322 e. The van der Waals surface area contributed by atoms with Gasteiger partial charge in [-0.1, -0.05) is 42.0 Å². The molecule has 0 radical (unpaired) electrons. The molecular weight excluding hydrogens is 408 g/mol. The molecule has 0 aromatic heterocycles. The average molecular weight is 431 g/mol. The Labute approximate surface area is 187 Å². The number of benzene rings is 3. The second kappa shape index (κ2) is 8.78. The van der Waals surface area contributed by atoms with E-state index in [9.17, 15) is 9.59 Å². The fraction of sp³-hybridized carbons (Fsp3) is 0.154. The highest BCUT2D eigenvalue weighted by Crippen LogP contribution is 2.30. The van der Waals surface area contributed by atoms with Crippen LogP contribution in [0.4, 0.5) is 11.4 Å². The molecule has 1 aliphatic heterocycles. The first-order valence-corrected chi connectivity index (χ1v) is 10.6. The summed E-state index contributed by atoms with van der Waals surface area (Å²) in [5.74, 6) is -0.234. The van der Waals surface area contributed by atoms with Crippen molar-refractivity contribution < 1.29 is 9.59 Å². The number of carbonyl (C=O) groups excluding carboxylic acids is 2. The lowest BCUT2D eigenvalue weighted by Crippen LogP contribution is -2.32. The molecule has 2 amide bonds. The van der Waals surface area contributed by atoms with Crippen molar-refractivity contribution in [2.24, 2.45) is 0 Å². The molecule has 156 valence electrons. The summed E-state index contributed by atoms with van der Waals surface area (Å²) < 4.78 is 0. The van der Waals surface area contributed by atoms with Gasteiger partial charge in [0, 0.05) is 28.4 Å². The Bertz CT molecular complexity index is 1200. The number of amides is 2. The second-order valence-corrected chi connectivity index (χ2v) is 8.09. The van der Waals surface area contributed by atoms with E-state index in [1.807, 2.05) is 56.3 Å². The van der Waals surface area contributed by atoms with Crippen LogP contribution in [0, 0.1) is 13.8 Å². The van der Waals surface area contributed by atoms with Crippen molar-refractivity contribution in [3.8, 4) is 0 Å². The van der Waals surface area contributed by atoms with Crippen molar-refractivity contribution in [1.29, 1.82) is 0 Å². The van der Waals surface area contributed by atoms with Crippen LogP contribution in [0.5, 0.6) is 0 Å². The first kappa shape index (κ1) is 20.9. The van der Waals surface area contributed by atoms with Gasteiger partial charge in [-0.2, -0.15) is 0 Å². The summed E-state index contributed by atoms with van der Waals surface area (Å²) in [5.41, 5.74) is 5.39. The minimum Gasteiger partial charge on any atom is -0.322 e. The summed E-state index contributed by atoms with van der Waals surface area (Å²) >= 11 is 6.14. The molecule has 0 saturated heterocycles. The van der Waals surface area contributed by atoms with E-state index in [0.717, 1.165) is 28.8 Å². The highest BCUT2D eigenvalue weighted by Gasteiger charge is 2.22. The number of carbonyl (C=O) groups is 2. The number of anilines is 2. The lowest BCUT2D eigenvalue weighted by molar-refractivity contribution is 0.0985.